The molecule has 0 saturated heterocycles. The number of hydrogen-bond donors (Lipinski definition) is 1. The van der Waals surface area contributed by atoms with Gasteiger partial charge >= 0.3 is 0 Å². The van der Waals surface area contributed by atoms with Crippen molar-refractivity contribution in [3.63, 3.8) is 0 Å². The zero-order valence-electron chi connectivity index (χ0n) is 8.65. The molecule has 0 aromatic rings. The van der Waals surface area contributed by atoms with Gasteiger partial charge in [0, 0.05) is 18.7 Å². The van der Waals surface area contributed by atoms with Gasteiger partial charge in [-0.1, -0.05) is 13.8 Å². The second-order valence-electron chi connectivity index (χ2n) is 3.31. The number of ether oxygens (including phenoxy) is 1. The molecule has 2 nitrogen and oxygen atoms in total. The van der Waals surface area contributed by atoms with Crippen LogP contribution in [-0.4, -0.2) is 25.3 Å². The van der Waals surface area contributed by atoms with Crippen LogP contribution in [0.4, 0.5) is 0 Å². The van der Waals surface area contributed by atoms with E-state index in [1.165, 1.54) is 0 Å². The fourth-order valence-electron chi connectivity index (χ4n) is 1.03. The van der Waals surface area contributed by atoms with Gasteiger partial charge in [0.2, 0.25) is 0 Å². The Morgan fingerprint density at radius 1 is 1.33 bits per heavy atom. The summed E-state index contributed by atoms with van der Waals surface area (Å²) in [6.07, 6.45) is 2.32. The van der Waals surface area contributed by atoms with Crippen LogP contribution in [0.5, 0.6) is 0 Å². The van der Waals surface area contributed by atoms with Gasteiger partial charge in [0.15, 0.2) is 0 Å². The number of nitrogens with one attached hydrogen (secondary N) is 1. The van der Waals surface area contributed by atoms with E-state index in [1.807, 2.05) is 0 Å². The standard InChI is InChI=1S/C10H22NO/c1-5-10(4,6-2)11-8-9-12-7-3/h11H,3,5-9H2,1-2,4H3. The molecule has 0 aromatic carbocycles. The second kappa shape index (κ2) is 6.44. The lowest BCUT2D eigenvalue weighted by Gasteiger charge is -2.28. The van der Waals surface area contributed by atoms with Gasteiger partial charge in [-0.3, -0.25) is 0 Å². The van der Waals surface area contributed by atoms with Crippen molar-refractivity contribution in [1.29, 1.82) is 0 Å². The first-order valence-corrected chi connectivity index (χ1v) is 4.80. The molecule has 0 amide bonds. The SMILES string of the molecule is [CH2]COCCNC(C)(CC)CC. The van der Waals surface area contributed by atoms with Gasteiger partial charge in [-0.05, 0) is 26.7 Å². The molecular weight excluding hydrogens is 150 g/mol. The Morgan fingerprint density at radius 3 is 2.33 bits per heavy atom. The molecule has 0 heterocycles. The predicted octanol–water partition coefficient (Wildman–Crippen LogP) is 2.01. The van der Waals surface area contributed by atoms with E-state index in [-0.39, 0.29) is 5.54 Å². The van der Waals surface area contributed by atoms with Gasteiger partial charge in [-0.2, -0.15) is 0 Å². The van der Waals surface area contributed by atoms with Crippen LogP contribution in [-0.2, 0) is 4.74 Å². The lowest BCUT2D eigenvalue weighted by Crippen LogP contribution is -2.42. The summed E-state index contributed by atoms with van der Waals surface area (Å²) >= 11 is 0. The number of hydrogen-bond acceptors (Lipinski definition) is 2. The third-order valence-corrected chi connectivity index (χ3v) is 2.50. The van der Waals surface area contributed by atoms with E-state index in [2.05, 4.69) is 33.0 Å². The lowest BCUT2D eigenvalue weighted by atomic mass is 9.96. The summed E-state index contributed by atoms with van der Waals surface area (Å²) in [5.74, 6) is 0. The Labute approximate surface area is 76.7 Å². The lowest BCUT2D eigenvalue weighted by molar-refractivity contribution is 0.151. The molecule has 73 valence electrons. The van der Waals surface area contributed by atoms with Crippen molar-refractivity contribution >= 4 is 0 Å². The van der Waals surface area contributed by atoms with Crippen molar-refractivity contribution in [3.8, 4) is 0 Å². The molecule has 0 bridgehead atoms. The van der Waals surface area contributed by atoms with Gasteiger partial charge in [0.1, 0.15) is 0 Å². The summed E-state index contributed by atoms with van der Waals surface area (Å²) in [6, 6.07) is 0. The third-order valence-electron chi connectivity index (χ3n) is 2.50. The molecule has 0 atom stereocenters. The molecule has 1 N–H and O–H groups in total. The van der Waals surface area contributed by atoms with Crippen molar-refractivity contribution in [2.75, 3.05) is 19.8 Å². The highest BCUT2D eigenvalue weighted by Gasteiger charge is 2.17. The molecule has 12 heavy (non-hydrogen) atoms. The predicted molar refractivity (Wildman–Crippen MR) is 53.2 cm³/mol. The van der Waals surface area contributed by atoms with Gasteiger partial charge in [-0.25, -0.2) is 0 Å². The van der Waals surface area contributed by atoms with Gasteiger partial charge < -0.3 is 10.1 Å². The van der Waals surface area contributed by atoms with E-state index < -0.39 is 0 Å². The van der Waals surface area contributed by atoms with E-state index in [1.54, 1.807) is 0 Å². The molecular formula is C10H22NO. The maximum atomic E-state index is 5.14. The van der Waals surface area contributed by atoms with Gasteiger partial charge in [0.25, 0.3) is 0 Å². The Hall–Kier alpha value is -0.0800. The van der Waals surface area contributed by atoms with Crippen molar-refractivity contribution in [1.82, 2.24) is 5.32 Å². The minimum absolute atomic E-state index is 0.282. The molecule has 0 aliphatic carbocycles. The fraction of sp³-hybridized carbons (Fsp3) is 0.900. The van der Waals surface area contributed by atoms with Crippen molar-refractivity contribution in [2.24, 2.45) is 0 Å². The van der Waals surface area contributed by atoms with Gasteiger partial charge in [0.05, 0.1) is 6.61 Å². The molecule has 0 saturated carbocycles. The van der Waals surface area contributed by atoms with Crippen LogP contribution in [0.25, 0.3) is 0 Å². The molecule has 0 aliphatic rings. The highest BCUT2D eigenvalue weighted by molar-refractivity contribution is 4.79. The fourth-order valence-corrected chi connectivity index (χ4v) is 1.03. The Morgan fingerprint density at radius 2 is 1.92 bits per heavy atom. The van der Waals surface area contributed by atoms with E-state index >= 15 is 0 Å². The van der Waals surface area contributed by atoms with E-state index in [0.717, 1.165) is 26.0 Å². The van der Waals surface area contributed by atoms with Crippen molar-refractivity contribution < 1.29 is 4.74 Å². The average Bonchev–Trinajstić information content (AvgIpc) is 2.12. The first-order valence-electron chi connectivity index (χ1n) is 4.80. The third kappa shape index (κ3) is 4.73. The monoisotopic (exact) mass is 172 g/mol. The van der Waals surface area contributed by atoms with Crippen LogP contribution in [0.1, 0.15) is 33.6 Å². The summed E-state index contributed by atoms with van der Waals surface area (Å²) in [4.78, 5) is 0. The molecule has 1 radical (unpaired) electrons. The van der Waals surface area contributed by atoms with Crippen LogP contribution in [0.3, 0.4) is 0 Å². The summed E-state index contributed by atoms with van der Waals surface area (Å²) in [7, 11) is 0. The zero-order chi connectivity index (χ0) is 9.45. The quantitative estimate of drug-likeness (QED) is 0.593. The smallest absolute Gasteiger partial charge is 0.0591 e. The Kier molecular flexibility index (Phi) is 6.39. The summed E-state index contributed by atoms with van der Waals surface area (Å²) in [6.45, 7) is 12.5. The van der Waals surface area contributed by atoms with E-state index in [4.69, 9.17) is 4.74 Å². The van der Waals surface area contributed by atoms with Crippen molar-refractivity contribution in [3.05, 3.63) is 6.92 Å². The minimum Gasteiger partial charge on any atom is -0.380 e. The van der Waals surface area contributed by atoms with Gasteiger partial charge in [-0.15, -0.1) is 0 Å². The molecule has 0 aliphatic heterocycles. The molecule has 0 rings (SSSR count). The molecule has 0 fully saturated rings. The number of rotatable bonds is 7. The summed E-state index contributed by atoms with van der Waals surface area (Å²) in [5.41, 5.74) is 0.282. The van der Waals surface area contributed by atoms with E-state index in [9.17, 15) is 0 Å². The summed E-state index contributed by atoms with van der Waals surface area (Å²) < 4.78 is 5.14. The Balaban J connectivity index is 3.45. The maximum absolute atomic E-state index is 5.14. The second-order valence-corrected chi connectivity index (χ2v) is 3.31. The van der Waals surface area contributed by atoms with Crippen LogP contribution >= 0.6 is 0 Å². The largest absolute Gasteiger partial charge is 0.380 e. The van der Waals surface area contributed by atoms with Crippen molar-refractivity contribution in [2.45, 2.75) is 39.2 Å². The molecule has 0 aromatic heterocycles. The minimum atomic E-state index is 0.282. The van der Waals surface area contributed by atoms with Crippen LogP contribution in [0.2, 0.25) is 0 Å². The zero-order valence-corrected chi connectivity index (χ0v) is 8.65. The highest BCUT2D eigenvalue weighted by atomic mass is 16.5. The average molecular weight is 172 g/mol. The first-order chi connectivity index (χ1) is 5.68. The molecule has 0 unspecified atom stereocenters. The Bertz CT molecular complexity index is 100. The molecule has 0 spiro atoms. The highest BCUT2D eigenvalue weighted by Crippen LogP contribution is 2.12. The normalized spacial score (nSPS) is 12.0. The van der Waals surface area contributed by atoms with E-state index in [0.29, 0.717) is 6.61 Å². The van der Waals surface area contributed by atoms with Crippen LogP contribution < -0.4 is 5.32 Å². The molecule has 2 heteroatoms. The maximum Gasteiger partial charge on any atom is 0.0591 e. The van der Waals surface area contributed by atoms with Crippen LogP contribution in [0, 0.1) is 6.92 Å². The summed E-state index contributed by atoms with van der Waals surface area (Å²) in [5, 5.41) is 3.48. The topological polar surface area (TPSA) is 21.3 Å². The van der Waals surface area contributed by atoms with Crippen LogP contribution in [0.15, 0.2) is 0 Å². The first kappa shape index (κ1) is 11.9.